The number of ether oxygens (including phenoxy) is 1. The van der Waals surface area contributed by atoms with Crippen LogP contribution in [0, 0.1) is 5.82 Å². The van der Waals surface area contributed by atoms with Gasteiger partial charge in [-0.15, -0.1) is 10.2 Å². The van der Waals surface area contributed by atoms with Gasteiger partial charge in [0, 0.05) is 24.8 Å². The number of tetrazole rings is 1. The van der Waals surface area contributed by atoms with E-state index in [-0.39, 0.29) is 42.9 Å². The Labute approximate surface area is 186 Å². The van der Waals surface area contributed by atoms with Gasteiger partial charge >= 0.3 is 0 Å². The molecule has 172 valence electrons. The minimum absolute atomic E-state index is 0.0191. The van der Waals surface area contributed by atoms with Crippen LogP contribution in [0.15, 0.2) is 24.3 Å². The molecule has 2 amide bonds. The summed E-state index contributed by atoms with van der Waals surface area (Å²) in [4.78, 5) is 28.4. The van der Waals surface area contributed by atoms with Crippen LogP contribution < -0.4 is 5.32 Å². The predicted octanol–water partition coefficient (Wildman–Crippen LogP) is 1.94. The van der Waals surface area contributed by atoms with E-state index in [1.165, 1.54) is 28.2 Å². The zero-order chi connectivity index (χ0) is 22.3. The minimum Gasteiger partial charge on any atom is -0.376 e. The molecule has 10 heteroatoms. The first-order chi connectivity index (χ1) is 15.6. The maximum atomic E-state index is 13.1. The number of amides is 2. The van der Waals surface area contributed by atoms with Gasteiger partial charge in [-0.25, -0.2) is 4.39 Å². The Kier molecular flexibility index (Phi) is 7.41. The van der Waals surface area contributed by atoms with Crippen molar-refractivity contribution in [3.8, 4) is 11.4 Å². The molecule has 4 rings (SSSR count). The van der Waals surface area contributed by atoms with Crippen molar-refractivity contribution < 1.29 is 18.7 Å². The van der Waals surface area contributed by atoms with Gasteiger partial charge in [-0.3, -0.25) is 9.59 Å². The van der Waals surface area contributed by atoms with Gasteiger partial charge < -0.3 is 15.0 Å². The van der Waals surface area contributed by atoms with Crippen molar-refractivity contribution in [3.63, 3.8) is 0 Å². The van der Waals surface area contributed by atoms with Gasteiger partial charge in [0.15, 0.2) is 0 Å². The van der Waals surface area contributed by atoms with E-state index < -0.39 is 0 Å². The lowest BCUT2D eigenvalue weighted by Crippen LogP contribution is -2.47. The highest BCUT2D eigenvalue weighted by molar-refractivity contribution is 5.84. The van der Waals surface area contributed by atoms with Gasteiger partial charge in [0.25, 0.3) is 0 Å². The van der Waals surface area contributed by atoms with Crippen LogP contribution >= 0.6 is 0 Å². The number of benzene rings is 1. The van der Waals surface area contributed by atoms with Crippen LogP contribution in [-0.2, 0) is 20.9 Å². The average Bonchev–Trinajstić information content (AvgIpc) is 3.47. The van der Waals surface area contributed by atoms with Gasteiger partial charge in [0.1, 0.15) is 12.4 Å². The van der Waals surface area contributed by atoms with Crippen molar-refractivity contribution in [2.45, 2.75) is 63.6 Å². The third-order valence-electron chi connectivity index (χ3n) is 5.94. The van der Waals surface area contributed by atoms with Gasteiger partial charge in [-0.05, 0) is 55.2 Å². The molecule has 32 heavy (non-hydrogen) atoms. The first-order valence-electron chi connectivity index (χ1n) is 11.3. The van der Waals surface area contributed by atoms with E-state index in [2.05, 4.69) is 20.7 Å². The summed E-state index contributed by atoms with van der Waals surface area (Å²) in [6.45, 7) is 0.870. The molecule has 0 unspecified atom stereocenters. The molecule has 2 fully saturated rings. The Bertz CT molecular complexity index is 907. The Morgan fingerprint density at radius 3 is 2.62 bits per heavy atom. The fraction of sp³-hybridized carbons (Fsp3) is 0.591. The lowest BCUT2D eigenvalue weighted by molar-refractivity contribution is -0.138. The molecule has 2 heterocycles. The molecular weight excluding hydrogens is 415 g/mol. The molecule has 2 aromatic rings. The third kappa shape index (κ3) is 6.09. The smallest absolute Gasteiger partial charge is 0.246 e. The zero-order valence-corrected chi connectivity index (χ0v) is 18.1. The van der Waals surface area contributed by atoms with Crippen LogP contribution in [0.2, 0.25) is 0 Å². The summed E-state index contributed by atoms with van der Waals surface area (Å²) >= 11 is 0. The second-order valence-electron chi connectivity index (χ2n) is 8.46. The van der Waals surface area contributed by atoms with E-state index in [4.69, 9.17) is 4.74 Å². The normalized spacial score (nSPS) is 19.1. The molecule has 1 saturated heterocycles. The van der Waals surface area contributed by atoms with Crippen LogP contribution in [0.5, 0.6) is 0 Å². The van der Waals surface area contributed by atoms with Crippen LogP contribution in [-0.4, -0.2) is 68.8 Å². The van der Waals surface area contributed by atoms with E-state index in [1.807, 2.05) is 0 Å². The molecule has 0 radical (unpaired) electrons. The molecule has 1 aliphatic heterocycles. The number of halogens is 1. The molecule has 2 aliphatic rings. The third-order valence-corrected chi connectivity index (χ3v) is 5.94. The zero-order valence-electron chi connectivity index (χ0n) is 18.1. The Balaban J connectivity index is 1.39. The molecule has 1 N–H and O–H groups in total. The monoisotopic (exact) mass is 444 g/mol. The van der Waals surface area contributed by atoms with Gasteiger partial charge in [0.2, 0.25) is 17.6 Å². The van der Waals surface area contributed by atoms with Crippen molar-refractivity contribution >= 4 is 11.8 Å². The van der Waals surface area contributed by atoms with Crippen LogP contribution in [0.1, 0.15) is 44.9 Å². The van der Waals surface area contributed by atoms with Crippen molar-refractivity contribution in [2.24, 2.45) is 0 Å². The highest BCUT2D eigenvalue weighted by Gasteiger charge is 2.26. The van der Waals surface area contributed by atoms with E-state index in [9.17, 15) is 14.0 Å². The second kappa shape index (κ2) is 10.6. The van der Waals surface area contributed by atoms with E-state index in [0.29, 0.717) is 24.5 Å². The summed E-state index contributed by atoms with van der Waals surface area (Å²) in [6, 6.07) is 5.92. The molecule has 9 nitrogen and oxygen atoms in total. The summed E-state index contributed by atoms with van der Waals surface area (Å²) in [5, 5.41) is 15.2. The van der Waals surface area contributed by atoms with Crippen molar-refractivity contribution in [2.75, 3.05) is 19.7 Å². The first kappa shape index (κ1) is 22.3. The molecule has 1 atom stereocenters. The van der Waals surface area contributed by atoms with Crippen molar-refractivity contribution in [1.29, 1.82) is 0 Å². The Morgan fingerprint density at radius 2 is 1.91 bits per heavy atom. The number of hydrogen-bond acceptors (Lipinski definition) is 6. The highest BCUT2D eigenvalue weighted by atomic mass is 19.1. The number of aromatic nitrogens is 4. The van der Waals surface area contributed by atoms with Gasteiger partial charge in [-0.1, -0.05) is 19.3 Å². The first-order valence-corrected chi connectivity index (χ1v) is 11.3. The summed E-state index contributed by atoms with van der Waals surface area (Å²) in [7, 11) is 0. The molecule has 1 saturated carbocycles. The molecule has 1 aromatic carbocycles. The number of hydrogen-bond donors (Lipinski definition) is 1. The number of nitrogens with one attached hydrogen (secondary N) is 1. The van der Waals surface area contributed by atoms with Gasteiger partial charge in [-0.2, -0.15) is 4.80 Å². The molecule has 0 bridgehead atoms. The molecular formula is C22H29FN6O3. The van der Waals surface area contributed by atoms with Gasteiger partial charge in [0.05, 0.1) is 12.6 Å². The van der Waals surface area contributed by atoms with Crippen LogP contribution in [0.3, 0.4) is 0 Å². The van der Waals surface area contributed by atoms with E-state index in [1.54, 1.807) is 12.1 Å². The van der Waals surface area contributed by atoms with E-state index >= 15 is 0 Å². The standard InChI is InChI=1S/C22H29FN6O3/c23-17-10-8-16(9-11-17)22-25-27-29(26-22)15-21(31)28(13-19-7-4-12-32-19)14-20(30)24-18-5-2-1-3-6-18/h8-11,18-19H,1-7,12-15H2,(H,24,30)/t19-/m0/s1. The predicted molar refractivity (Wildman–Crippen MR) is 114 cm³/mol. The summed E-state index contributed by atoms with van der Waals surface area (Å²) in [6.07, 6.45) is 7.17. The lowest BCUT2D eigenvalue weighted by Gasteiger charge is -2.27. The number of nitrogens with zero attached hydrogens (tertiary/aromatic N) is 5. The fourth-order valence-corrected chi connectivity index (χ4v) is 4.23. The number of rotatable bonds is 8. The van der Waals surface area contributed by atoms with Crippen molar-refractivity contribution in [3.05, 3.63) is 30.1 Å². The molecule has 0 spiro atoms. The fourth-order valence-electron chi connectivity index (χ4n) is 4.23. The highest BCUT2D eigenvalue weighted by Crippen LogP contribution is 2.18. The SMILES string of the molecule is O=C(CN(C[C@@H]1CCCO1)C(=O)Cn1nnc(-c2ccc(F)cc2)n1)NC1CCCCC1. The Hall–Kier alpha value is -2.88. The maximum absolute atomic E-state index is 13.1. The molecule has 1 aliphatic carbocycles. The molecule has 1 aromatic heterocycles. The van der Waals surface area contributed by atoms with Crippen LogP contribution in [0.4, 0.5) is 4.39 Å². The van der Waals surface area contributed by atoms with Crippen molar-refractivity contribution in [1.82, 2.24) is 30.4 Å². The second-order valence-corrected chi connectivity index (χ2v) is 8.46. The Morgan fingerprint density at radius 1 is 1.12 bits per heavy atom. The largest absolute Gasteiger partial charge is 0.376 e. The summed E-state index contributed by atoms with van der Waals surface area (Å²) < 4.78 is 18.8. The average molecular weight is 445 g/mol. The summed E-state index contributed by atoms with van der Waals surface area (Å²) in [5.74, 6) is -0.477. The quantitative estimate of drug-likeness (QED) is 0.668. The summed E-state index contributed by atoms with van der Waals surface area (Å²) in [5.41, 5.74) is 0.605. The maximum Gasteiger partial charge on any atom is 0.246 e. The topological polar surface area (TPSA) is 102 Å². The van der Waals surface area contributed by atoms with E-state index in [0.717, 1.165) is 38.5 Å². The number of carbonyl (C=O) groups excluding carboxylic acids is 2. The van der Waals surface area contributed by atoms with Crippen LogP contribution in [0.25, 0.3) is 11.4 Å². The number of carbonyl (C=O) groups is 2. The lowest BCUT2D eigenvalue weighted by atomic mass is 9.95. The minimum atomic E-state index is -0.354.